The first-order valence-electron chi connectivity index (χ1n) is 8.13. The topological polar surface area (TPSA) is 94.2 Å². The number of amides is 2. The summed E-state index contributed by atoms with van der Waals surface area (Å²) in [5.74, 6) is -1.22. The lowest BCUT2D eigenvalue weighted by atomic mass is 10.1. The molecular weight excluding hydrogens is 340 g/mol. The zero-order valence-corrected chi connectivity index (χ0v) is 15.8. The van der Waals surface area contributed by atoms with Crippen molar-refractivity contribution >= 4 is 18.0 Å². The number of carbonyl (C=O) groups is 3. The third-order valence-electron chi connectivity index (χ3n) is 3.20. The lowest BCUT2D eigenvalue weighted by Crippen LogP contribution is -2.47. The standard InChI is InChI=1S/C18H26N2O6/c1-18(2,3)26-16(22)14(11-15(21)20(4)24-5)19-17(23)25-12-13-9-7-6-8-10-13/h6-10,14H,11-12H2,1-5H3,(H,19,23). The van der Waals surface area contributed by atoms with Gasteiger partial charge in [0, 0.05) is 7.05 Å². The molecule has 144 valence electrons. The van der Waals surface area contributed by atoms with Crippen LogP contribution in [0.2, 0.25) is 0 Å². The number of carbonyl (C=O) groups excluding carboxylic acids is 3. The van der Waals surface area contributed by atoms with E-state index < -0.39 is 29.6 Å². The molecule has 0 radical (unpaired) electrons. The van der Waals surface area contributed by atoms with Gasteiger partial charge in [0.1, 0.15) is 18.2 Å². The van der Waals surface area contributed by atoms with Crippen molar-refractivity contribution in [3.63, 3.8) is 0 Å². The number of benzene rings is 1. The number of alkyl carbamates (subject to hydrolysis) is 1. The van der Waals surface area contributed by atoms with E-state index in [4.69, 9.17) is 14.3 Å². The summed E-state index contributed by atoms with van der Waals surface area (Å²) in [6.07, 6.45) is -1.14. The van der Waals surface area contributed by atoms with E-state index in [-0.39, 0.29) is 13.0 Å². The van der Waals surface area contributed by atoms with Crippen molar-refractivity contribution in [1.29, 1.82) is 0 Å². The second kappa shape index (κ2) is 9.76. The van der Waals surface area contributed by atoms with E-state index in [1.165, 1.54) is 14.2 Å². The minimum Gasteiger partial charge on any atom is -0.458 e. The van der Waals surface area contributed by atoms with Crippen LogP contribution in [0.5, 0.6) is 0 Å². The Hall–Kier alpha value is -2.61. The van der Waals surface area contributed by atoms with E-state index in [0.29, 0.717) is 0 Å². The Labute approximate surface area is 153 Å². The summed E-state index contributed by atoms with van der Waals surface area (Å²) in [7, 11) is 2.73. The van der Waals surface area contributed by atoms with Crippen molar-refractivity contribution in [2.45, 2.75) is 45.4 Å². The van der Waals surface area contributed by atoms with Gasteiger partial charge in [-0.1, -0.05) is 30.3 Å². The van der Waals surface area contributed by atoms with Crippen LogP contribution in [0.25, 0.3) is 0 Å². The SMILES string of the molecule is CON(C)C(=O)CC(NC(=O)OCc1ccccc1)C(=O)OC(C)(C)C. The van der Waals surface area contributed by atoms with E-state index in [0.717, 1.165) is 10.6 Å². The molecular formula is C18H26N2O6. The molecule has 0 aliphatic rings. The minimum atomic E-state index is -1.19. The number of hydrogen-bond donors (Lipinski definition) is 1. The average molecular weight is 366 g/mol. The van der Waals surface area contributed by atoms with Gasteiger partial charge in [-0.3, -0.25) is 9.63 Å². The lowest BCUT2D eigenvalue weighted by molar-refractivity contribution is -0.172. The molecule has 0 heterocycles. The zero-order valence-electron chi connectivity index (χ0n) is 15.8. The predicted molar refractivity (Wildman–Crippen MR) is 93.8 cm³/mol. The Kier molecular flexibility index (Phi) is 8.05. The first-order chi connectivity index (χ1) is 12.1. The van der Waals surface area contributed by atoms with Gasteiger partial charge in [-0.15, -0.1) is 0 Å². The van der Waals surface area contributed by atoms with Crippen molar-refractivity contribution in [3.05, 3.63) is 35.9 Å². The minimum absolute atomic E-state index is 0.0413. The van der Waals surface area contributed by atoms with Gasteiger partial charge in [0.25, 0.3) is 0 Å². The quantitative estimate of drug-likeness (QED) is 0.586. The smallest absolute Gasteiger partial charge is 0.408 e. The number of nitrogens with one attached hydrogen (secondary N) is 1. The number of hydrogen-bond acceptors (Lipinski definition) is 6. The molecule has 0 saturated heterocycles. The second-order valence-electron chi connectivity index (χ2n) is 6.57. The lowest BCUT2D eigenvalue weighted by Gasteiger charge is -2.25. The van der Waals surface area contributed by atoms with Gasteiger partial charge in [0.15, 0.2) is 0 Å². The fourth-order valence-electron chi connectivity index (χ4n) is 1.88. The van der Waals surface area contributed by atoms with Crippen LogP contribution in [0, 0.1) is 0 Å². The van der Waals surface area contributed by atoms with Crippen molar-refractivity contribution < 1.29 is 28.7 Å². The fraction of sp³-hybridized carbons (Fsp3) is 0.500. The van der Waals surface area contributed by atoms with Gasteiger partial charge >= 0.3 is 12.1 Å². The number of hydroxylamine groups is 2. The average Bonchev–Trinajstić information content (AvgIpc) is 2.58. The van der Waals surface area contributed by atoms with Gasteiger partial charge in [-0.25, -0.2) is 14.7 Å². The Morgan fingerprint density at radius 1 is 1.15 bits per heavy atom. The molecule has 0 aliphatic heterocycles. The van der Waals surface area contributed by atoms with Crippen molar-refractivity contribution in [2.75, 3.05) is 14.2 Å². The molecule has 0 aliphatic carbocycles. The van der Waals surface area contributed by atoms with E-state index in [2.05, 4.69) is 5.32 Å². The van der Waals surface area contributed by atoms with Crippen LogP contribution in [0.3, 0.4) is 0 Å². The first kappa shape index (κ1) is 21.4. The Morgan fingerprint density at radius 3 is 2.31 bits per heavy atom. The molecule has 1 rings (SSSR count). The van der Waals surface area contributed by atoms with Crippen LogP contribution in [0.1, 0.15) is 32.8 Å². The van der Waals surface area contributed by atoms with E-state index in [1.54, 1.807) is 32.9 Å². The summed E-state index contributed by atoms with van der Waals surface area (Å²) >= 11 is 0. The van der Waals surface area contributed by atoms with Crippen molar-refractivity contribution in [3.8, 4) is 0 Å². The molecule has 8 heteroatoms. The van der Waals surface area contributed by atoms with Gasteiger partial charge in [0.05, 0.1) is 13.5 Å². The zero-order chi connectivity index (χ0) is 19.7. The summed E-state index contributed by atoms with van der Waals surface area (Å²) in [5, 5.41) is 3.35. The number of esters is 1. The molecule has 1 aromatic rings. The third kappa shape index (κ3) is 7.98. The monoisotopic (exact) mass is 366 g/mol. The summed E-state index contributed by atoms with van der Waals surface area (Å²) < 4.78 is 10.4. The number of rotatable bonds is 7. The maximum absolute atomic E-state index is 12.3. The largest absolute Gasteiger partial charge is 0.458 e. The Bertz CT molecular complexity index is 612. The van der Waals surface area contributed by atoms with Gasteiger partial charge in [-0.05, 0) is 26.3 Å². The molecule has 1 N–H and O–H groups in total. The first-order valence-corrected chi connectivity index (χ1v) is 8.13. The normalized spacial score (nSPS) is 12.0. The van der Waals surface area contributed by atoms with Crippen LogP contribution < -0.4 is 5.32 Å². The summed E-state index contributed by atoms with van der Waals surface area (Å²) in [4.78, 5) is 41.1. The van der Waals surface area contributed by atoms with Crippen LogP contribution in [-0.4, -0.2) is 48.8 Å². The highest BCUT2D eigenvalue weighted by atomic mass is 16.7. The Morgan fingerprint density at radius 2 is 1.77 bits per heavy atom. The van der Waals surface area contributed by atoms with Crippen LogP contribution in [0.15, 0.2) is 30.3 Å². The Balaban J connectivity index is 2.71. The molecule has 1 aromatic carbocycles. The number of nitrogens with zero attached hydrogens (tertiary/aromatic N) is 1. The maximum Gasteiger partial charge on any atom is 0.408 e. The molecule has 1 atom stereocenters. The molecule has 0 aromatic heterocycles. The number of ether oxygens (including phenoxy) is 2. The highest BCUT2D eigenvalue weighted by molar-refractivity contribution is 5.87. The van der Waals surface area contributed by atoms with Gasteiger partial charge in [-0.2, -0.15) is 0 Å². The molecule has 26 heavy (non-hydrogen) atoms. The van der Waals surface area contributed by atoms with Crippen LogP contribution in [-0.2, 0) is 30.5 Å². The highest BCUT2D eigenvalue weighted by Gasteiger charge is 2.30. The van der Waals surface area contributed by atoms with Crippen LogP contribution >= 0.6 is 0 Å². The molecule has 2 amide bonds. The highest BCUT2D eigenvalue weighted by Crippen LogP contribution is 2.11. The van der Waals surface area contributed by atoms with E-state index in [1.807, 2.05) is 18.2 Å². The van der Waals surface area contributed by atoms with Crippen molar-refractivity contribution in [1.82, 2.24) is 10.4 Å². The second-order valence-corrected chi connectivity index (χ2v) is 6.57. The van der Waals surface area contributed by atoms with Crippen LogP contribution in [0.4, 0.5) is 4.79 Å². The molecule has 1 unspecified atom stereocenters. The van der Waals surface area contributed by atoms with E-state index >= 15 is 0 Å². The molecule has 0 bridgehead atoms. The summed E-state index contributed by atoms with van der Waals surface area (Å²) in [5.41, 5.74) is 0.0351. The fourth-order valence-corrected chi connectivity index (χ4v) is 1.88. The summed E-state index contributed by atoms with van der Waals surface area (Å²) in [6, 6.07) is 7.90. The van der Waals surface area contributed by atoms with Gasteiger partial charge < -0.3 is 14.8 Å². The van der Waals surface area contributed by atoms with Crippen molar-refractivity contribution in [2.24, 2.45) is 0 Å². The van der Waals surface area contributed by atoms with Gasteiger partial charge in [0.2, 0.25) is 5.91 Å². The molecule has 8 nitrogen and oxygen atoms in total. The molecule has 0 fully saturated rings. The molecule has 0 saturated carbocycles. The third-order valence-corrected chi connectivity index (χ3v) is 3.20. The maximum atomic E-state index is 12.3. The predicted octanol–water partition coefficient (Wildman–Crippen LogP) is 2.03. The van der Waals surface area contributed by atoms with E-state index in [9.17, 15) is 14.4 Å². The summed E-state index contributed by atoms with van der Waals surface area (Å²) in [6.45, 7) is 5.12. The molecule has 0 spiro atoms.